The van der Waals surface area contributed by atoms with E-state index in [1.54, 1.807) is 0 Å². The van der Waals surface area contributed by atoms with Crippen molar-refractivity contribution in [3.63, 3.8) is 0 Å². The number of carbonyl (C=O) groups excluding carboxylic acids is 1. The van der Waals surface area contributed by atoms with E-state index in [9.17, 15) is 13.2 Å². The first kappa shape index (κ1) is 18.6. The summed E-state index contributed by atoms with van der Waals surface area (Å²) in [6.45, 7) is 2.09. The molecule has 0 aliphatic carbocycles. The second-order valence-electron chi connectivity index (χ2n) is 6.64. The molecule has 138 valence electrons. The second kappa shape index (κ2) is 7.57. The molecule has 3 rings (SSSR count). The summed E-state index contributed by atoms with van der Waals surface area (Å²) in [6.07, 6.45) is 0.880. The predicted octanol–water partition coefficient (Wildman–Crippen LogP) is 1.33. The van der Waals surface area contributed by atoms with Crippen molar-refractivity contribution in [3.05, 3.63) is 65.7 Å². The first-order chi connectivity index (χ1) is 12.3. The zero-order valence-corrected chi connectivity index (χ0v) is 15.5. The van der Waals surface area contributed by atoms with Crippen molar-refractivity contribution in [2.75, 3.05) is 26.7 Å². The molecular weight excluding hydrogens is 350 g/mol. The van der Waals surface area contributed by atoms with Gasteiger partial charge in [0, 0.05) is 31.2 Å². The highest BCUT2D eigenvalue weighted by molar-refractivity contribution is 7.89. The van der Waals surface area contributed by atoms with Gasteiger partial charge in [-0.1, -0.05) is 30.3 Å². The summed E-state index contributed by atoms with van der Waals surface area (Å²) in [5.74, 6) is -0.0860. The lowest BCUT2D eigenvalue weighted by atomic mass is 10.0. The summed E-state index contributed by atoms with van der Waals surface area (Å²) >= 11 is 0. The Morgan fingerprint density at radius 1 is 1.08 bits per heavy atom. The number of hydrogen-bond donors (Lipinski definition) is 1. The molecule has 0 saturated carbocycles. The van der Waals surface area contributed by atoms with Gasteiger partial charge in [0.15, 0.2) is 0 Å². The van der Waals surface area contributed by atoms with E-state index in [4.69, 9.17) is 5.14 Å². The normalized spacial score (nSPS) is 18.7. The molecule has 1 heterocycles. The van der Waals surface area contributed by atoms with Crippen LogP contribution in [0.2, 0.25) is 0 Å². The van der Waals surface area contributed by atoms with Gasteiger partial charge >= 0.3 is 0 Å². The Morgan fingerprint density at radius 2 is 1.73 bits per heavy atom. The van der Waals surface area contributed by atoms with E-state index >= 15 is 0 Å². The highest BCUT2D eigenvalue weighted by atomic mass is 32.2. The van der Waals surface area contributed by atoms with Crippen molar-refractivity contribution in [1.29, 1.82) is 0 Å². The molecule has 1 aliphatic heterocycles. The van der Waals surface area contributed by atoms with Crippen molar-refractivity contribution in [2.24, 2.45) is 5.14 Å². The third-order valence-electron chi connectivity index (χ3n) is 4.81. The lowest BCUT2D eigenvalue weighted by molar-refractivity contribution is 0.0547. The van der Waals surface area contributed by atoms with E-state index in [0.29, 0.717) is 18.7 Å². The Kier molecular flexibility index (Phi) is 5.41. The molecule has 1 atom stereocenters. The third-order valence-corrected chi connectivity index (χ3v) is 5.74. The average Bonchev–Trinajstić information content (AvgIpc) is 2.63. The van der Waals surface area contributed by atoms with Gasteiger partial charge < -0.3 is 4.90 Å². The molecule has 1 saturated heterocycles. The number of amides is 1. The Labute approximate surface area is 154 Å². The maximum atomic E-state index is 12.8. The molecule has 1 amide bonds. The quantitative estimate of drug-likeness (QED) is 0.876. The van der Waals surface area contributed by atoms with Crippen LogP contribution in [-0.4, -0.2) is 56.8 Å². The number of likely N-dealkylation sites (N-methyl/N-ethyl adjacent to an activating group) is 1. The molecule has 0 bridgehead atoms. The molecule has 26 heavy (non-hydrogen) atoms. The van der Waals surface area contributed by atoms with Crippen LogP contribution >= 0.6 is 0 Å². The molecule has 7 heteroatoms. The van der Waals surface area contributed by atoms with Crippen LogP contribution in [-0.2, 0) is 16.4 Å². The van der Waals surface area contributed by atoms with Crippen LogP contribution in [0.4, 0.5) is 0 Å². The monoisotopic (exact) mass is 373 g/mol. The van der Waals surface area contributed by atoms with Crippen LogP contribution in [0.25, 0.3) is 0 Å². The van der Waals surface area contributed by atoms with Crippen LogP contribution in [0.1, 0.15) is 15.9 Å². The van der Waals surface area contributed by atoms with Gasteiger partial charge in [-0.25, -0.2) is 13.6 Å². The van der Waals surface area contributed by atoms with Gasteiger partial charge in [-0.2, -0.15) is 0 Å². The summed E-state index contributed by atoms with van der Waals surface area (Å²) in [5.41, 5.74) is 1.72. The molecule has 2 N–H and O–H groups in total. The maximum Gasteiger partial charge on any atom is 0.253 e. The van der Waals surface area contributed by atoms with E-state index in [2.05, 4.69) is 24.1 Å². The summed E-state index contributed by atoms with van der Waals surface area (Å²) in [6, 6.07) is 16.3. The number of carbonyl (C=O) groups is 1. The molecule has 0 aromatic heterocycles. The molecular formula is C19H23N3O3S. The maximum absolute atomic E-state index is 12.8. The number of piperazine rings is 1. The standard InChI is InChI=1S/C19H23N3O3S/c1-21-11-12-22(14-17(21)13-15-5-3-2-4-6-15)19(23)16-7-9-18(10-8-16)26(20,24)25/h2-10,17H,11-14H2,1H3,(H2,20,24,25)/t17-/m1/s1. The predicted molar refractivity (Wildman–Crippen MR) is 100 cm³/mol. The van der Waals surface area contributed by atoms with Gasteiger partial charge in [-0.15, -0.1) is 0 Å². The zero-order chi connectivity index (χ0) is 18.7. The van der Waals surface area contributed by atoms with Crippen LogP contribution in [0.15, 0.2) is 59.5 Å². The van der Waals surface area contributed by atoms with E-state index in [1.165, 1.54) is 29.8 Å². The fourth-order valence-electron chi connectivity index (χ4n) is 3.21. The number of primary sulfonamides is 1. The van der Waals surface area contributed by atoms with Crippen molar-refractivity contribution in [1.82, 2.24) is 9.80 Å². The topological polar surface area (TPSA) is 83.7 Å². The zero-order valence-electron chi connectivity index (χ0n) is 14.7. The molecule has 1 aliphatic rings. The molecule has 6 nitrogen and oxygen atoms in total. The van der Waals surface area contributed by atoms with E-state index in [-0.39, 0.29) is 16.8 Å². The fraction of sp³-hybridized carbons (Fsp3) is 0.316. The molecule has 2 aromatic carbocycles. The number of rotatable bonds is 4. The fourth-order valence-corrected chi connectivity index (χ4v) is 3.72. The number of sulfonamides is 1. The Morgan fingerprint density at radius 3 is 2.35 bits per heavy atom. The van der Waals surface area contributed by atoms with Crippen molar-refractivity contribution < 1.29 is 13.2 Å². The Hall–Kier alpha value is -2.22. The van der Waals surface area contributed by atoms with Crippen LogP contribution in [0.5, 0.6) is 0 Å². The number of hydrogen-bond acceptors (Lipinski definition) is 4. The Balaban J connectivity index is 1.71. The van der Waals surface area contributed by atoms with Crippen LogP contribution < -0.4 is 5.14 Å². The average molecular weight is 373 g/mol. The highest BCUT2D eigenvalue weighted by Gasteiger charge is 2.28. The first-order valence-corrected chi connectivity index (χ1v) is 10.1. The number of benzene rings is 2. The summed E-state index contributed by atoms with van der Waals surface area (Å²) < 4.78 is 22.7. The highest BCUT2D eigenvalue weighted by Crippen LogP contribution is 2.17. The Bertz CT molecular complexity index is 867. The third kappa shape index (κ3) is 4.30. The van der Waals surface area contributed by atoms with Gasteiger partial charge in [-0.05, 0) is 43.3 Å². The minimum Gasteiger partial charge on any atom is -0.336 e. The smallest absolute Gasteiger partial charge is 0.253 e. The summed E-state index contributed by atoms with van der Waals surface area (Å²) in [5, 5.41) is 5.10. The number of nitrogens with zero attached hydrogens (tertiary/aromatic N) is 2. The van der Waals surface area contributed by atoms with Gasteiger partial charge in [0.1, 0.15) is 0 Å². The molecule has 0 spiro atoms. The lowest BCUT2D eigenvalue weighted by Crippen LogP contribution is -2.54. The lowest BCUT2D eigenvalue weighted by Gasteiger charge is -2.39. The van der Waals surface area contributed by atoms with Crippen LogP contribution in [0, 0.1) is 0 Å². The van der Waals surface area contributed by atoms with Gasteiger partial charge in [-0.3, -0.25) is 9.69 Å². The van der Waals surface area contributed by atoms with E-state index in [1.807, 2.05) is 23.1 Å². The first-order valence-electron chi connectivity index (χ1n) is 8.51. The molecule has 1 fully saturated rings. The minimum absolute atomic E-state index is 0.00869. The molecule has 0 radical (unpaired) electrons. The molecule has 0 unspecified atom stereocenters. The summed E-state index contributed by atoms with van der Waals surface area (Å²) in [4.78, 5) is 16.9. The van der Waals surface area contributed by atoms with Gasteiger partial charge in [0.2, 0.25) is 10.0 Å². The van der Waals surface area contributed by atoms with Crippen molar-refractivity contribution >= 4 is 15.9 Å². The van der Waals surface area contributed by atoms with E-state index < -0.39 is 10.0 Å². The minimum atomic E-state index is -3.75. The molecule has 2 aromatic rings. The van der Waals surface area contributed by atoms with E-state index in [0.717, 1.165) is 13.0 Å². The second-order valence-corrected chi connectivity index (χ2v) is 8.21. The van der Waals surface area contributed by atoms with Crippen molar-refractivity contribution in [3.8, 4) is 0 Å². The summed E-state index contributed by atoms with van der Waals surface area (Å²) in [7, 11) is -1.67. The number of nitrogens with two attached hydrogens (primary N) is 1. The van der Waals surface area contributed by atoms with Crippen molar-refractivity contribution in [2.45, 2.75) is 17.4 Å². The van der Waals surface area contributed by atoms with Crippen LogP contribution in [0.3, 0.4) is 0 Å². The van der Waals surface area contributed by atoms with Gasteiger partial charge in [0.05, 0.1) is 4.90 Å². The van der Waals surface area contributed by atoms with Gasteiger partial charge in [0.25, 0.3) is 5.91 Å². The SMILES string of the molecule is CN1CCN(C(=O)c2ccc(S(N)(=O)=O)cc2)C[C@H]1Cc1ccccc1. The largest absolute Gasteiger partial charge is 0.336 e.